The van der Waals surface area contributed by atoms with Crippen LogP contribution in [0.15, 0.2) is 5.22 Å². The molecule has 0 aliphatic rings. The highest BCUT2D eigenvalue weighted by atomic mass is 15.8. The molecule has 0 amide bonds. The summed E-state index contributed by atoms with van der Waals surface area (Å²) in [6.45, 7) is 0. The van der Waals surface area contributed by atoms with Crippen LogP contribution >= 0.6 is 0 Å². The van der Waals surface area contributed by atoms with Crippen LogP contribution in [0.4, 0.5) is 0 Å². The van der Waals surface area contributed by atoms with Gasteiger partial charge in [0.1, 0.15) is 0 Å². The highest BCUT2D eigenvalue weighted by molar-refractivity contribution is 4.20. The Labute approximate surface area is 43.2 Å². The Morgan fingerprint density at radius 3 is 1.71 bits per heavy atom. The van der Waals surface area contributed by atoms with Crippen molar-refractivity contribution in [3.63, 3.8) is 0 Å². The first-order chi connectivity index (χ1) is 3.18. The Bertz CT molecular complexity index is 60.0. The summed E-state index contributed by atoms with van der Waals surface area (Å²) >= 11 is 0. The van der Waals surface area contributed by atoms with E-state index in [2.05, 4.69) is 5.22 Å². The van der Waals surface area contributed by atoms with Crippen LogP contribution in [0.1, 0.15) is 0 Å². The van der Waals surface area contributed by atoms with Crippen molar-refractivity contribution in [2.24, 2.45) is 5.22 Å². The van der Waals surface area contributed by atoms with Gasteiger partial charge in [-0.25, -0.2) is 10.1 Å². The van der Waals surface area contributed by atoms with Crippen molar-refractivity contribution in [3.05, 3.63) is 0 Å². The minimum absolute atomic E-state index is 1.42. The molecule has 42 valence electrons. The van der Waals surface area contributed by atoms with Gasteiger partial charge in [-0.15, -0.1) is 0 Å². The average Bonchev–Trinajstić information content (AvgIpc) is 1.65. The first kappa shape index (κ1) is 6.36. The Balaban J connectivity index is 3.33. The molecule has 0 bridgehead atoms. The molecule has 0 aromatic heterocycles. The Morgan fingerprint density at radius 2 is 1.71 bits per heavy atom. The van der Waals surface area contributed by atoms with Crippen molar-refractivity contribution in [3.8, 4) is 0 Å². The van der Waals surface area contributed by atoms with E-state index in [0.29, 0.717) is 0 Å². The zero-order valence-electron chi connectivity index (χ0n) is 4.84. The zero-order valence-corrected chi connectivity index (χ0v) is 4.84. The van der Waals surface area contributed by atoms with E-state index in [1.165, 1.54) is 5.12 Å². The van der Waals surface area contributed by atoms with Crippen molar-refractivity contribution < 1.29 is 0 Å². The summed E-state index contributed by atoms with van der Waals surface area (Å²) in [7, 11) is 5.34. The number of hydrogen-bond donors (Lipinski definition) is 1. The summed E-state index contributed by atoms with van der Waals surface area (Å²) in [6, 6.07) is 0. The van der Waals surface area contributed by atoms with Crippen LogP contribution in [-0.4, -0.2) is 31.3 Å². The lowest BCUT2D eigenvalue weighted by Gasteiger charge is -2.17. The fourth-order valence-corrected chi connectivity index (χ4v) is 0.0894. The van der Waals surface area contributed by atoms with Crippen molar-refractivity contribution in [1.82, 2.24) is 10.1 Å². The highest BCUT2D eigenvalue weighted by Gasteiger charge is 1.89. The molecule has 0 saturated heterocycles. The third-order valence-corrected chi connectivity index (χ3v) is 0.724. The van der Waals surface area contributed by atoms with Crippen LogP contribution in [0.2, 0.25) is 0 Å². The van der Waals surface area contributed by atoms with E-state index in [1.54, 1.807) is 12.1 Å². The van der Waals surface area contributed by atoms with Gasteiger partial charge in [-0.3, -0.25) is 0 Å². The first-order valence-electron chi connectivity index (χ1n) is 1.97. The van der Waals surface area contributed by atoms with Crippen LogP contribution in [0.3, 0.4) is 0 Å². The van der Waals surface area contributed by atoms with E-state index < -0.39 is 0 Å². The van der Waals surface area contributed by atoms with E-state index >= 15 is 0 Å². The van der Waals surface area contributed by atoms with Crippen LogP contribution in [-0.2, 0) is 0 Å². The molecular weight excluding hydrogens is 92.1 g/mol. The molecule has 0 radical (unpaired) electrons. The monoisotopic (exact) mass is 102 g/mol. The standard InChI is InChI=1S/C3H10N4/c1-6(2)7(3)5-4/h4H,1-3H3. The van der Waals surface area contributed by atoms with Gasteiger partial charge in [0.25, 0.3) is 0 Å². The molecule has 0 spiro atoms. The van der Waals surface area contributed by atoms with Crippen molar-refractivity contribution >= 4 is 0 Å². The summed E-state index contributed by atoms with van der Waals surface area (Å²) in [4.78, 5) is 0. The molecule has 0 aliphatic carbocycles. The predicted molar refractivity (Wildman–Crippen MR) is 26.6 cm³/mol. The normalized spacial score (nSPS) is 9.14. The van der Waals surface area contributed by atoms with E-state index in [9.17, 15) is 0 Å². The SMILES string of the molecule is CN(C)N(C)N=N. The lowest BCUT2D eigenvalue weighted by atomic mass is 11.1. The maximum atomic E-state index is 6.45. The van der Waals surface area contributed by atoms with Gasteiger partial charge in [0.05, 0.1) is 0 Å². The lowest BCUT2D eigenvalue weighted by molar-refractivity contribution is 0.0456. The molecule has 0 rings (SSSR count). The summed E-state index contributed by atoms with van der Waals surface area (Å²) < 4.78 is 0. The molecule has 0 aromatic rings. The average molecular weight is 102 g/mol. The summed E-state index contributed by atoms with van der Waals surface area (Å²) in [5, 5.41) is 6.22. The zero-order chi connectivity index (χ0) is 5.86. The number of nitrogens with zero attached hydrogens (tertiary/aromatic N) is 3. The first-order valence-corrected chi connectivity index (χ1v) is 1.97. The van der Waals surface area contributed by atoms with E-state index in [0.717, 1.165) is 0 Å². The van der Waals surface area contributed by atoms with Crippen molar-refractivity contribution in [2.75, 3.05) is 21.1 Å². The number of nitrogens with one attached hydrogen (secondary N) is 1. The molecule has 0 unspecified atom stereocenters. The molecule has 4 nitrogen and oxygen atoms in total. The van der Waals surface area contributed by atoms with Crippen LogP contribution in [0, 0.1) is 5.53 Å². The highest BCUT2D eigenvalue weighted by Crippen LogP contribution is 1.81. The fourth-order valence-electron chi connectivity index (χ4n) is 0.0894. The van der Waals surface area contributed by atoms with Gasteiger partial charge < -0.3 is 0 Å². The minimum Gasteiger partial charge on any atom is -0.213 e. The van der Waals surface area contributed by atoms with Crippen LogP contribution in [0.5, 0.6) is 0 Å². The van der Waals surface area contributed by atoms with E-state index in [1.807, 2.05) is 14.1 Å². The molecule has 0 aliphatic heterocycles. The van der Waals surface area contributed by atoms with Gasteiger partial charge in [-0.1, -0.05) is 5.22 Å². The third kappa shape index (κ3) is 2.11. The topological polar surface area (TPSA) is 42.7 Å². The predicted octanol–water partition coefficient (Wildman–Crippen LogP) is 0.341. The molecule has 0 fully saturated rings. The molecular formula is C3H10N4. The molecule has 0 atom stereocenters. The van der Waals surface area contributed by atoms with Crippen LogP contribution in [0.25, 0.3) is 0 Å². The molecule has 0 aromatic carbocycles. The van der Waals surface area contributed by atoms with Gasteiger partial charge in [-0.2, -0.15) is 5.53 Å². The van der Waals surface area contributed by atoms with Gasteiger partial charge in [0.15, 0.2) is 0 Å². The van der Waals surface area contributed by atoms with E-state index in [-0.39, 0.29) is 0 Å². The fraction of sp³-hybridized carbons (Fsp3) is 1.00. The smallest absolute Gasteiger partial charge is 0.0441 e. The van der Waals surface area contributed by atoms with Crippen LogP contribution < -0.4 is 0 Å². The number of rotatable bonds is 2. The maximum Gasteiger partial charge on any atom is 0.0441 e. The number of hydrogen-bond acceptors (Lipinski definition) is 3. The van der Waals surface area contributed by atoms with Gasteiger partial charge in [-0.05, 0) is 0 Å². The molecule has 7 heavy (non-hydrogen) atoms. The minimum atomic E-state index is 1.42. The molecule has 0 saturated carbocycles. The Hall–Kier alpha value is -0.640. The maximum absolute atomic E-state index is 6.45. The third-order valence-electron chi connectivity index (χ3n) is 0.724. The molecule has 0 heterocycles. The van der Waals surface area contributed by atoms with Gasteiger partial charge >= 0.3 is 0 Å². The largest absolute Gasteiger partial charge is 0.213 e. The second kappa shape index (κ2) is 2.52. The lowest BCUT2D eigenvalue weighted by Crippen LogP contribution is -2.27. The van der Waals surface area contributed by atoms with Crippen molar-refractivity contribution in [2.45, 2.75) is 0 Å². The summed E-state index contributed by atoms with van der Waals surface area (Å²) in [6.07, 6.45) is 0. The summed E-state index contributed by atoms with van der Waals surface area (Å²) in [5.74, 6) is 0. The van der Waals surface area contributed by atoms with Gasteiger partial charge in [0, 0.05) is 21.1 Å². The second-order valence-electron chi connectivity index (χ2n) is 1.44. The number of hydrazine groups is 1. The van der Waals surface area contributed by atoms with Crippen molar-refractivity contribution in [1.29, 1.82) is 5.53 Å². The Kier molecular flexibility index (Phi) is 2.29. The second-order valence-corrected chi connectivity index (χ2v) is 1.44. The summed E-state index contributed by atoms with van der Waals surface area (Å²) in [5.41, 5.74) is 6.45. The molecule has 1 N–H and O–H groups in total. The Morgan fingerprint density at radius 1 is 1.29 bits per heavy atom. The van der Waals surface area contributed by atoms with E-state index in [4.69, 9.17) is 5.53 Å². The molecule has 4 heteroatoms. The van der Waals surface area contributed by atoms with Gasteiger partial charge in [0.2, 0.25) is 0 Å². The quantitative estimate of drug-likeness (QED) is 0.403.